The summed E-state index contributed by atoms with van der Waals surface area (Å²) in [6.07, 6.45) is 0. The number of H-pyrrole nitrogens is 1. The van der Waals surface area contributed by atoms with E-state index in [1.807, 2.05) is 44.2 Å². The summed E-state index contributed by atoms with van der Waals surface area (Å²) >= 11 is 0. The van der Waals surface area contributed by atoms with E-state index >= 15 is 0 Å². The first-order chi connectivity index (χ1) is 8.66. The summed E-state index contributed by atoms with van der Waals surface area (Å²) in [5.74, 6) is 5.01. The van der Waals surface area contributed by atoms with Crippen LogP contribution in [0.1, 0.15) is 17.0 Å². The number of rotatable bonds is 1. The number of carbonyl (C=O) groups is 1. The predicted octanol–water partition coefficient (Wildman–Crippen LogP) is 2.02. The first kappa shape index (κ1) is 11.9. The van der Waals surface area contributed by atoms with Crippen molar-refractivity contribution in [2.24, 2.45) is 0 Å². The second-order valence-electron chi connectivity index (χ2n) is 3.88. The third kappa shape index (κ3) is 2.77. The van der Waals surface area contributed by atoms with Gasteiger partial charge in [0.2, 0.25) is 0 Å². The molecule has 4 nitrogen and oxygen atoms in total. The van der Waals surface area contributed by atoms with Gasteiger partial charge in [-0.2, -0.15) is 5.10 Å². The normalized spacial score (nSPS) is 9.44. The van der Waals surface area contributed by atoms with Gasteiger partial charge in [-0.1, -0.05) is 24.1 Å². The lowest BCUT2D eigenvalue weighted by atomic mass is 10.2. The molecule has 0 fully saturated rings. The quantitative estimate of drug-likeness (QED) is 0.748. The van der Waals surface area contributed by atoms with Crippen LogP contribution in [-0.2, 0) is 4.79 Å². The number of benzene rings is 1. The smallest absolute Gasteiger partial charge is 0.300 e. The Morgan fingerprint density at radius 3 is 2.61 bits per heavy atom. The number of aromatic nitrogens is 2. The summed E-state index contributed by atoms with van der Waals surface area (Å²) < 4.78 is 0. The molecule has 0 spiro atoms. The molecule has 0 aliphatic rings. The second kappa shape index (κ2) is 5.19. The van der Waals surface area contributed by atoms with Crippen LogP contribution in [0, 0.1) is 25.7 Å². The molecule has 0 bridgehead atoms. The van der Waals surface area contributed by atoms with E-state index in [0.717, 1.165) is 17.0 Å². The van der Waals surface area contributed by atoms with E-state index in [1.165, 1.54) is 0 Å². The Morgan fingerprint density at radius 2 is 2.00 bits per heavy atom. The van der Waals surface area contributed by atoms with Gasteiger partial charge in [0, 0.05) is 11.5 Å². The van der Waals surface area contributed by atoms with E-state index in [0.29, 0.717) is 5.69 Å². The standard InChI is InChI=1S/C14H13N3O/c1-10-14(11(2)17-16-10)15-13(18)9-8-12-6-4-3-5-7-12/h3-7H,1-2H3,(H,15,18)(H,16,17). The van der Waals surface area contributed by atoms with Crippen molar-refractivity contribution in [3.05, 3.63) is 47.3 Å². The number of nitrogens with one attached hydrogen (secondary N) is 2. The molecule has 0 saturated carbocycles. The van der Waals surface area contributed by atoms with Gasteiger partial charge in [-0.15, -0.1) is 0 Å². The van der Waals surface area contributed by atoms with E-state index < -0.39 is 0 Å². The number of anilines is 1. The average Bonchev–Trinajstić information content (AvgIpc) is 2.69. The van der Waals surface area contributed by atoms with E-state index in [4.69, 9.17) is 0 Å². The van der Waals surface area contributed by atoms with Gasteiger partial charge >= 0.3 is 5.91 Å². The molecule has 0 unspecified atom stereocenters. The van der Waals surface area contributed by atoms with Crippen LogP contribution in [0.25, 0.3) is 0 Å². The van der Waals surface area contributed by atoms with E-state index in [1.54, 1.807) is 0 Å². The van der Waals surface area contributed by atoms with Crippen LogP contribution < -0.4 is 5.32 Å². The highest BCUT2D eigenvalue weighted by molar-refractivity contribution is 6.04. The number of hydrogen-bond donors (Lipinski definition) is 2. The lowest BCUT2D eigenvalue weighted by Crippen LogP contribution is -2.09. The topological polar surface area (TPSA) is 57.8 Å². The largest absolute Gasteiger partial charge is 0.312 e. The summed E-state index contributed by atoms with van der Waals surface area (Å²) in [7, 11) is 0. The first-order valence-electron chi connectivity index (χ1n) is 5.56. The minimum Gasteiger partial charge on any atom is -0.312 e. The maximum Gasteiger partial charge on any atom is 0.300 e. The summed E-state index contributed by atoms with van der Waals surface area (Å²) in [6, 6.07) is 9.38. The molecule has 1 heterocycles. The molecule has 4 heteroatoms. The van der Waals surface area contributed by atoms with Gasteiger partial charge in [0.25, 0.3) is 0 Å². The van der Waals surface area contributed by atoms with Gasteiger partial charge < -0.3 is 5.32 Å². The Kier molecular flexibility index (Phi) is 3.44. The van der Waals surface area contributed by atoms with E-state index in [2.05, 4.69) is 27.4 Å². The molecule has 2 N–H and O–H groups in total. The molecule has 0 radical (unpaired) electrons. The fraction of sp³-hybridized carbons (Fsp3) is 0.143. The minimum absolute atomic E-state index is 0.341. The van der Waals surface area contributed by atoms with Gasteiger partial charge in [-0.25, -0.2) is 0 Å². The molecule has 18 heavy (non-hydrogen) atoms. The van der Waals surface area contributed by atoms with Gasteiger partial charge in [-0.05, 0) is 26.0 Å². The monoisotopic (exact) mass is 239 g/mol. The highest BCUT2D eigenvalue weighted by atomic mass is 16.1. The molecule has 90 valence electrons. The van der Waals surface area contributed by atoms with Crippen molar-refractivity contribution in [3.63, 3.8) is 0 Å². The van der Waals surface area contributed by atoms with Crippen molar-refractivity contribution >= 4 is 11.6 Å². The molecule has 0 atom stereocenters. The van der Waals surface area contributed by atoms with Crippen molar-refractivity contribution in [1.82, 2.24) is 10.2 Å². The van der Waals surface area contributed by atoms with Gasteiger partial charge in [0.05, 0.1) is 17.1 Å². The Labute approximate surface area is 105 Å². The average molecular weight is 239 g/mol. The Bertz CT molecular complexity index is 598. The molecule has 2 aromatic rings. The lowest BCUT2D eigenvalue weighted by molar-refractivity contribution is -0.111. The van der Waals surface area contributed by atoms with Crippen LogP contribution in [0.4, 0.5) is 5.69 Å². The molecule has 1 amide bonds. The summed E-state index contributed by atoms with van der Waals surface area (Å²) in [4.78, 5) is 11.7. The van der Waals surface area contributed by atoms with Crippen molar-refractivity contribution in [2.75, 3.05) is 5.32 Å². The fourth-order valence-electron chi connectivity index (χ4n) is 1.53. The molecular weight excluding hydrogens is 226 g/mol. The highest BCUT2D eigenvalue weighted by Gasteiger charge is 2.07. The maximum atomic E-state index is 11.7. The van der Waals surface area contributed by atoms with Gasteiger partial charge in [0.1, 0.15) is 0 Å². The van der Waals surface area contributed by atoms with Gasteiger partial charge in [0.15, 0.2) is 0 Å². The number of amides is 1. The van der Waals surface area contributed by atoms with Crippen LogP contribution in [0.3, 0.4) is 0 Å². The molecule has 1 aromatic heterocycles. The summed E-state index contributed by atoms with van der Waals surface area (Å²) in [5.41, 5.74) is 3.08. The van der Waals surface area contributed by atoms with Crippen LogP contribution in [0.2, 0.25) is 0 Å². The molecule has 2 rings (SSSR count). The van der Waals surface area contributed by atoms with Crippen molar-refractivity contribution < 1.29 is 4.79 Å². The number of hydrogen-bond acceptors (Lipinski definition) is 2. The van der Waals surface area contributed by atoms with Crippen molar-refractivity contribution in [1.29, 1.82) is 0 Å². The predicted molar refractivity (Wildman–Crippen MR) is 70.0 cm³/mol. The van der Waals surface area contributed by atoms with Crippen LogP contribution >= 0.6 is 0 Å². The molecule has 1 aromatic carbocycles. The molecular formula is C14H13N3O. The van der Waals surface area contributed by atoms with Crippen molar-refractivity contribution in [2.45, 2.75) is 13.8 Å². The molecule has 0 aliphatic carbocycles. The van der Waals surface area contributed by atoms with E-state index in [-0.39, 0.29) is 5.91 Å². The Hall–Kier alpha value is -2.54. The number of nitrogens with zero attached hydrogens (tertiary/aromatic N) is 1. The van der Waals surface area contributed by atoms with Crippen LogP contribution in [0.15, 0.2) is 30.3 Å². The van der Waals surface area contributed by atoms with Crippen LogP contribution in [-0.4, -0.2) is 16.1 Å². The first-order valence-corrected chi connectivity index (χ1v) is 5.56. The molecule has 0 saturated heterocycles. The highest BCUT2D eigenvalue weighted by Crippen LogP contribution is 2.15. The molecule has 0 aliphatic heterocycles. The van der Waals surface area contributed by atoms with E-state index in [9.17, 15) is 4.79 Å². The maximum absolute atomic E-state index is 11.7. The Balaban J connectivity index is 2.09. The van der Waals surface area contributed by atoms with Crippen LogP contribution in [0.5, 0.6) is 0 Å². The lowest BCUT2D eigenvalue weighted by Gasteiger charge is -1.99. The number of aromatic amines is 1. The van der Waals surface area contributed by atoms with Gasteiger partial charge in [-0.3, -0.25) is 9.89 Å². The summed E-state index contributed by atoms with van der Waals surface area (Å²) in [6.45, 7) is 3.67. The third-order valence-corrected chi connectivity index (χ3v) is 2.46. The zero-order valence-corrected chi connectivity index (χ0v) is 10.2. The second-order valence-corrected chi connectivity index (χ2v) is 3.88. The third-order valence-electron chi connectivity index (χ3n) is 2.46. The fourth-order valence-corrected chi connectivity index (χ4v) is 1.53. The zero-order chi connectivity index (χ0) is 13.0. The minimum atomic E-state index is -0.341. The number of carbonyl (C=O) groups excluding carboxylic acids is 1. The Morgan fingerprint density at radius 1 is 1.28 bits per heavy atom. The zero-order valence-electron chi connectivity index (χ0n) is 10.2. The SMILES string of the molecule is Cc1n[nH]c(C)c1NC(=O)C#Cc1ccccc1. The summed E-state index contributed by atoms with van der Waals surface area (Å²) in [5, 5.41) is 9.53. The van der Waals surface area contributed by atoms with Crippen molar-refractivity contribution in [3.8, 4) is 11.8 Å². The number of aryl methyl sites for hydroxylation is 2.